The van der Waals surface area contributed by atoms with Crippen LogP contribution in [-0.2, 0) is 10.2 Å². The maximum Gasteiger partial charge on any atom is 0.238 e. The van der Waals surface area contributed by atoms with Gasteiger partial charge in [0.1, 0.15) is 11.5 Å². The molecule has 0 saturated carbocycles. The van der Waals surface area contributed by atoms with Crippen LogP contribution in [0.25, 0.3) is 6.08 Å². The van der Waals surface area contributed by atoms with E-state index in [1.807, 2.05) is 64.9 Å². The SMILES string of the molecule is O=C(c1cccs1)[C@@H]1[C@H](C(=O)c2ccccc2Cl)[C@@]2(C(=O)Nc3ccccc32)[C@H]2C=Cc3cc(Cl)ccc3N12. The Hall–Kier alpha value is -3.71. The van der Waals surface area contributed by atoms with Gasteiger partial charge < -0.3 is 10.2 Å². The van der Waals surface area contributed by atoms with E-state index in [0.29, 0.717) is 21.2 Å². The fourth-order valence-corrected chi connectivity index (χ4v) is 7.65. The minimum atomic E-state index is -1.38. The van der Waals surface area contributed by atoms with Gasteiger partial charge in [-0.15, -0.1) is 11.3 Å². The molecule has 4 aromatic rings. The number of halogens is 2. The smallest absolute Gasteiger partial charge is 0.238 e. The number of rotatable bonds is 4. The molecule has 1 amide bonds. The van der Waals surface area contributed by atoms with Crippen molar-refractivity contribution in [1.29, 1.82) is 0 Å². The monoisotopic (exact) mass is 570 g/mol. The molecule has 3 aliphatic heterocycles. The molecular formula is C31H20Cl2N2O3S. The van der Waals surface area contributed by atoms with Crippen LogP contribution in [0.15, 0.2) is 90.3 Å². The zero-order valence-corrected chi connectivity index (χ0v) is 22.6. The molecule has 39 heavy (non-hydrogen) atoms. The van der Waals surface area contributed by atoms with Crippen molar-refractivity contribution in [2.45, 2.75) is 17.5 Å². The van der Waals surface area contributed by atoms with E-state index in [1.165, 1.54) is 11.3 Å². The number of hydrogen-bond acceptors (Lipinski definition) is 5. The van der Waals surface area contributed by atoms with Crippen molar-refractivity contribution in [3.8, 4) is 0 Å². The second-order valence-electron chi connectivity index (χ2n) is 9.89. The Morgan fingerprint density at radius 1 is 0.923 bits per heavy atom. The quantitative estimate of drug-likeness (QED) is 0.271. The number of ketones is 2. The lowest BCUT2D eigenvalue weighted by Gasteiger charge is -2.37. The van der Waals surface area contributed by atoms with Gasteiger partial charge in [-0.25, -0.2) is 0 Å². The number of nitrogens with one attached hydrogen (secondary N) is 1. The summed E-state index contributed by atoms with van der Waals surface area (Å²) in [5.74, 6) is -1.94. The number of Topliss-reactive ketones (excluding diaryl/α,β-unsaturated/α-hetero) is 2. The Morgan fingerprint density at radius 3 is 2.51 bits per heavy atom. The van der Waals surface area contributed by atoms with Crippen LogP contribution in [0.5, 0.6) is 0 Å². The maximum atomic E-state index is 14.7. The average molecular weight is 571 g/mol. The van der Waals surface area contributed by atoms with Crippen molar-refractivity contribution in [1.82, 2.24) is 0 Å². The predicted octanol–water partition coefficient (Wildman–Crippen LogP) is 6.91. The van der Waals surface area contributed by atoms with Gasteiger partial charge in [-0.1, -0.05) is 71.8 Å². The number of hydrogen-bond donors (Lipinski definition) is 1. The van der Waals surface area contributed by atoms with Crippen LogP contribution in [0, 0.1) is 5.92 Å². The molecular weight excluding hydrogens is 551 g/mol. The van der Waals surface area contributed by atoms with Gasteiger partial charge in [0, 0.05) is 22.0 Å². The minimum absolute atomic E-state index is 0.217. The first-order valence-electron chi connectivity index (χ1n) is 12.5. The zero-order valence-electron chi connectivity index (χ0n) is 20.3. The van der Waals surface area contributed by atoms with E-state index in [4.69, 9.17) is 23.2 Å². The Labute approximate surface area is 238 Å². The maximum absolute atomic E-state index is 14.7. The van der Waals surface area contributed by atoms with E-state index in [-0.39, 0.29) is 28.1 Å². The van der Waals surface area contributed by atoms with Gasteiger partial charge in [0.05, 0.1) is 21.9 Å². The summed E-state index contributed by atoms with van der Waals surface area (Å²) in [7, 11) is 0. The highest BCUT2D eigenvalue weighted by atomic mass is 35.5. The summed E-state index contributed by atoms with van der Waals surface area (Å²) in [5, 5.41) is 5.69. The molecule has 1 saturated heterocycles. The Balaban J connectivity index is 1.56. The van der Waals surface area contributed by atoms with Crippen LogP contribution in [-0.4, -0.2) is 29.6 Å². The summed E-state index contributed by atoms with van der Waals surface area (Å²) in [5.41, 5.74) is 1.80. The van der Waals surface area contributed by atoms with Gasteiger partial charge in [-0.2, -0.15) is 0 Å². The molecule has 1 spiro atoms. The minimum Gasteiger partial charge on any atom is -0.352 e. The molecule has 8 heteroatoms. The van der Waals surface area contributed by atoms with Gasteiger partial charge >= 0.3 is 0 Å². The number of amides is 1. The molecule has 7 rings (SSSR count). The molecule has 0 unspecified atom stereocenters. The second kappa shape index (κ2) is 8.91. The van der Waals surface area contributed by atoms with Crippen LogP contribution in [0.1, 0.15) is 31.2 Å². The highest BCUT2D eigenvalue weighted by molar-refractivity contribution is 7.12. The molecule has 0 radical (unpaired) electrons. The topological polar surface area (TPSA) is 66.5 Å². The van der Waals surface area contributed by atoms with Gasteiger partial charge in [0.2, 0.25) is 5.91 Å². The number of fused-ring (bicyclic) bond motifs is 6. The molecule has 5 nitrogen and oxygen atoms in total. The summed E-state index contributed by atoms with van der Waals surface area (Å²) in [6.45, 7) is 0. The Bertz CT molecular complexity index is 1720. The largest absolute Gasteiger partial charge is 0.352 e. The molecule has 1 aromatic heterocycles. The van der Waals surface area contributed by atoms with Gasteiger partial charge in [-0.3, -0.25) is 14.4 Å². The fraction of sp³-hybridized carbons (Fsp3) is 0.129. The van der Waals surface area contributed by atoms with E-state index in [0.717, 1.165) is 11.3 Å². The van der Waals surface area contributed by atoms with Crippen molar-refractivity contribution in [2.24, 2.45) is 5.92 Å². The first kappa shape index (κ1) is 24.3. The van der Waals surface area contributed by atoms with E-state index in [1.54, 1.807) is 36.4 Å². The first-order valence-corrected chi connectivity index (χ1v) is 14.1. The van der Waals surface area contributed by atoms with E-state index in [9.17, 15) is 14.4 Å². The third kappa shape index (κ3) is 3.35. The Morgan fingerprint density at radius 2 is 1.72 bits per heavy atom. The number of anilines is 2. The average Bonchev–Trinajstić information content (AvgIpc) is 3.65. The van der Waals surface area contributed by atoms with Crippen molar-refractivity contribution in [3.63, 3.8) is 0 Å². The highest BCUT2D eigenvalue weighted by Crippen LogP contribution is 2.58. The predicted molar refractivity (Wildman–Crippen MR) is 155 cm³/mol. The van der Waals surface area contributed by atoms with Crippen LogP contribution < -0.4 is 10.2 Å². The number of para-hydroxylation sites is 1. The van der Waals surface area contributed by atoms with Gasteiger partial charge in [0.15, 0.2) is 11.6 Å². The number of carbonyl (C=O) groups excluding carboxylic acids is 3. The lowest BCUT2D eigenvalue weighted by atomic mass is 9.64. The van der Waals surface area contributed by atoms with Crippen molar-refractivity contribution in [3.05, 3.63) is 122 Å². The summed E-state index contributed by atoms with van der Waals surface area (Å²) >= 11 is 14.2. The third-order valence-corrected chi connectivity index (χ3v) is 9.50. The Kier molecular flexibility index (Phi) is 5.56. The van der Waals surface area contributed by atoms with E-state index < -0.39 is 23.4 Å². The standard InChI is InChI=1S/C31H20Cl2N2O3S/c32-18-12-13-23-17(16-18)11-14-25-31(20-7-2-4-9-22(20)34-30(31)38)26(28(36)19-6-1-3-8-21(19)33)27(35(23)25)29(37)24-10-5-15-39-24/h1-16,25-27H,(H,34,38)/t25-,26-,27+,31+/m1/s1. The molecule has 0 aliphatic carbocycles. The summed E-state index contributed by atoms with van der Waals surface area (Å²) < 4.78 is 0. The third-order valence-electron chi connectivity index (χ3n) is 8.05. The lowest BCUT2D eigenvalue weighted by molar-refractivity contribution is -0.121. The number of benzene rings is 3. The molecule has 0 bridgehead atoms. The van der Waals surface area contributed by atoms with Crippen LogP contribution in [0.3, 0.4) is 0 Å². The van der Waals surface area contributed by atoms with Crippen molar-refractivity contribution >= 4 is 69.5 Å². The molecule has 4 heterocycles. The second-order valence-corrected chi connectivity index (χ2v) is 11.7. The number of nitrogens with zero attached hydrogens (tertiary/aromatic N) is 1. The van der Waals surface area contributed by atoms with Crippen LogP contribution >= 0.6 is 34.5 Å². The van der Waals surface area contributed by atoms with Crippen molar-refractivity contribution in [2.75, 3.05) is 10.2 Å². The van der Waals surface area contributed by atoms with Crippen molar-refractivity contribution < 1.29 is 14.4 Å². The van der Waals surface area contributed by atoms with Crippen LogP contribution in [0.2, 0.25) is 10.0 Å². The summed E-state index contributed by atoms with van der Waals surface area (Å²) in [6, 6.07) is 21.7. The molecule has 1 N–H and O–H groups in total. The fourth-order valence-electron chi connectivity index (χ4n) is 6.54. The summed E-state index contributed by atoms with van der Waals surface area (Å²) in [6.07, 6.45) is 3.85. The van der Waals surface area contributed by atoms with E-state index >= 15 is 0 Å². The highest BCUT2D eigenvalue weighted by Gasteiger charge is 2.70. The lowest BCUT2D eigenvalue weighted by Crippen LogP contribution is -2.51. The van der Waals surface area contributed by atoms with Crippen LogP contribution in [0.4, 0.5) is 11.4 Å². The molecule has 192 valence electrons. The number of carbonyl (C=O) groups is 3. The molecule has 3 aliphatic rings. The van der Waals surface area contributed by atoms with Gasteiger partial charge in [0.25, 0.3) is 0 Å². The number of thiophene rings is 1. The first-order chi connectivity index (χ1) is 18.9. The van der Waals surface area contributed by atoms with Gasteiger partial charge in [-0.05, 0) is 59.0 Å². The summed E-state index contributed by atoms with van der Waals surface area (Å²) in [4.78, 5) is 45.9. The normalized spacial score (nSPS) is 24.3. The zero-order chi connectivity index (χ0) is 26.9. The molecule has 3 aromatic carbocycles. The molecule has 1 fully saturated rings. The molecule has 4 atom stereocenters. The van der Waals surface area contributed by atoms with E-state index in [2.05, 4.69) is 5.32 Å².